The van der Waals surface area contributed by atoms with E-state index in [1.165, 1.54) is 4.90 Å². The number of hydrogen-bond donors (Lipinski definition) is 3. The van der Waals surface area contributed by atoms with Gasteiger partial charge in [0.2, 0.25) is 5.91 Å². The van der Waals surface area contributed by atoms with Gasteiger partial charge in [-0.15, -0.1) is 0 Å². The van der Waals surface area contributed by atoms with E-state index in [9.17, 15) is 19.5 Å². The van der Waals surface area contributed by atoms with Crippen molar-refractivity contribution in [2.24, 2.45) is 5.92 Å². The molecule has 1 saturated carbocycles. The molecule has 42 heavy (non-hydrogen) atoms. The summed E-state index contributed by atoms with van der Waals surface area (Å²) < 4.78 is 12.0. The Morgan fingerprint density at radius 1 is 1.12 bits per heavy atom. The van der Waals surface area contributed by atoms with Crippen molar-refractivity contribution in [3.05, 3.63) is 66.7 Å². The van der Waals surface area contributed by atoms with E-state index in [0.29, 0.717) is 30.0 Å². The van der Waals surface area contributed by atoms with E-state index >= 15 is 0 Å². The summed E-state index contributed by atoms with van der Waals surface area (Å²) in [6.45, 7) is 0.663. The summed E-state index contributed by atoms with van der Waals surface area (Å²) in [7, 11) is 1.60. The molecule has 2 aromatic carbocycles. The number of benzene rings is 2. The number of fused-ring (bicyclic) bond motifs is 3. The third-order valence-electron chi connectivity index (χ3n) is 8.35. The van der Waals surface area contributed by atoms with Crippen LogP contribution in [0.3, 0.4) is 0 Å². The summed E-state index contributed by atoms with van der Waals surface area (Å²) in [5, 5.41) is 16.5. The highest BCUT2D eigenvalue weighted by Gasteiger charge is 2.61. The lowest BCUT2D eigenvalue weighted by Gasteiger charge is -2.25. The second kappa shape index (κ2) is 11.3. The van der Waals surface area contributed by atoms with E-state index in [1.54, 1.807) is 7.11 Å². The molecule has 10 nitrogen and oxygen atoms in total. The molecule has 218 valence electrons. The highest BCUT2D eigenvalue weighted by Crippen LogP contribution is 2.45. The largest absolute Gasteiger partial charge is 0.497 e. The molecule has 6 rings (SSSR count). The zero-order chi connectivity index (χ0) is 29.3. The first-order valence-corrected chi connectivity index (χ1v) is 14.4. The van der Waals surface area contributed by atoms with Crippen LogP contribution in [-0.4, -0.2) is 70.8 Å². The Kier molecular flexibility index (Phi) is 7.45. The summed E-state index contributed by atoms with van der Waals surface area (Å²) in [5.41, 5.74) is 0.981. The molecule has 1 aliphatic carbocycles. The first-order chi connectivity index (χ1) is 20.4. The van der Waals surface area contributed by atoms with E-state index in [-0.39, 0.29) is 24.9 Å². The van der Waals surface area contributed by atoms with Crippen LogP contribution in [0.2, 0.25) is 0 Å². The van der Waals surface area contributed by atoms with Crippen molar-refractivity contribution in [3.8, 4) is 22.8 Å². The number of allylic oxidation sites excluding steroid dienone is 1. The van der Waals surface area contributed by atoms with Crippen molar-refractivity contribution in [1.82, 2.24) is 20.5 Å². The van der Waals surface area contributed by atoms with Crippen LogP contribution in [0.15, 0.2) is 66.7 Å². The van der Waals surface area contributed by atoms with Crippen molar-refractivity contribution in [1.29, 1.82) is 0 Å². The minimum atomic E-state index is -1.34. The Morgan fingerprint density at radius 3 is 2.74 bits per heavy atom. The third-order valence-corrected chi connectivity index (χ3v) is 8.35. The highest BCUT2D eigenvalue weighted by molar-refractivity contribution is 5.95. The van der Waals surface area contributed by atoms with Gasteiger partial charge in [-0.25, -0.2) is 14.6 Å². The second-order valence-corrected chi connectivity index (χ2v) is 11.1. The van der Waals surface area contributed by atoms with Crippen molar-refractivity contribution >= 4 is 28.8 Å². The summed E-state index contributed by atoms with van der Waals surface area (Å²) >= 11 is 0. The molecule has 0 spiro atoms. The number of ether oxygens (including phenoxy) is 2. The molecule has 3 amide bonds. The minimum absolute atomic E-state index is 0.175. The van der Waals surface area contributed by atoms with Crippen molar-refractivity contribution in [2.75, 3.05) is 20.2 Å². The van der Waals surface area contributed by atoms with Crippen LogP contribution in [0.25, 0.3) is 22.2 Å². The zero-order valence-electron chi connectivity index (χ0n) is 23.4. The Labute approximate surface area is 243 Å². The number of carbonyl (C=O) groups excluding carboxylic acids is 2. The van der Waals surface area contributed by atoms with E-state index in [2.05, 4.69) is 10.6 Å². The maximum absolute atomic E-state index is 13.6. The van der Waals surface area contributed by atoms with Gasteiger partial charge in [0, 0.05) is 42.0 Å². The topological polar surface area (TPSA) is 130 Å². The summed E-state index contributed by atoms with van der Waals surface area (Å²) in [6, 6.07) is 16.0. The Bertz CT molecular complexity index is 1540. The molecule has 0 bridgehead atoms. The van der Waals surface area contributed by atoms with Crippen LogP contribution in [0, 0.1) is 5.92 Å². The van der Waals surface area contributed by atoms with Gasteiger partial charge in [0.05, 0.1) is 24.9 Å². The Balaban J connectivity index is 1.31. The van der Waals surface area contributed by atoms with E-state index in [1.807, 2.05) is 66.7 Å². The van der Waals surface area contributed by atoms with Crippen molar-refractivity contribution in [3.63, 3.8) is 0 Å². The van der Waals surface area contributed by atoms with Crippen LogP contribution in [-0.2, 0) is 9.59 Å². The molecule has 3 aromatic rings. The summed E-state index contributed by atoms with van der Waals surface area (Å²) in [5.74, 6) is -0.578. The number of aliphatic carboxylic acids is 1. The molecule has 3 N–H and O–H groups in total. The molecular formula is C32H34N4O6. The number of carboxylic acid groups (broad SMARTS) is 1. The standard InChI is InChI=1S/C32H34N4O6/c1-41-22-12-13-24-26(15-22)34-25(20-9-5-4-6-10-20)17-28(24)42-23-16-27-29(37)35-32(30(38)39)18-21(32)11-7-2-3-8-14-33-31(40)36(27)19-23/h4-7,9-13,15,17,21,23,27H,2-3,8,14,16,18-19H2,1H3,(H,33,40)(H,35,37)(H,38,39). The van der Waals surface area contributed by atoms with Crippen molar-refractivity contribution in [2.45, 2.75) is 49.8 Å². The summed E-state index contributed by atoms with van der Waals surface area (Å²) in [4.78, 5) is 45.4. The number of amides is 3. The molecule has 2 fully saturated rings. The lowest BCUT2D eigenvalue weighted by molar-refractivity contribution is -0.144. The van der Waals surface area contributed by atoms with Crippen LogP contribution in [0.1, 0.15) is 32.1 Å². The predicted molar refractivity (Wildman–Crippen MR) is 156 cm³/mol. The maximum atomic E-state index is 13.6. The molecule has 3 heterocycles. The number of nitrogens with zero attached hydrogens (tertiary/aromatic N) is 2. The zero-order valence-corrected chi connectivity index (χ0v) is 23.4. The van der Waals surface area contributed by atoms with E-state index in [0.717, 1.165) is 35.9 Å². The first kappa shape index (κ1) is 27.6. The number of hydrogen-bond acceptors (Lipinski definition) is 6. The number of carbonyl (C=O) groups is 3. The van der Waals surface area contributed by atoms with Gasteiger partial charge in [-0.2, -0.15) is 0 Å². The van der Waals surface area contributed by atoms with Gasteiger partial charge in [-0.1, -0.05) is 42.5 Å². The number of urea groups is 1. The van der Waals surface area contributed by atoms with Gasteiger partial charge in [0.25, 0.3) is 0 Å². The fraction of sp³-hybridized carbons (Fsp3) is 0.375. The van der Waals surface area contributed by atoms with Gasteiger partial charge >= 0.3 is 12.0 Å². The van der Waals surface area contributed by atoms with E-state index < -0.39 is 29.6 Å². The quantitative estimate of drug-likeness (QED) is 0.393. The summed E-state index contributed by atoms with van der Waals surface area (Å²) in [6.07, 6.45) is 6.35. The lowest BCUT2D eigenvalue weighted by atomic mass is 10.1. The number of carboxylic acids is 1. The van der Waals surface area contributed by atoms with Gasteiger partial charge in [-0.3, -0.25) is 4.79 Å². The average molecular weight is 571 g/mol. The monoisotopic (exact) mass is 570 g/mol. The normalized spacial score (nSPS) is 25.9. The fourth-order valence-electron chi connectivity index (χ4n) is 5.90. The Hall–Kier alpha value is -4.60. The molecule has 1 saturated heterocycles. The smallest absolute Gasteiger partial charge is 0.330 e. The molecule has 3 aliphatic rings. The number of pyridine rings is 1. The molecule has 2 aliphatic heterocycles. The van der Waals surface area contributed by atoms with Crippen LogP contribution < -0.4 is 20.1 Å². The number of nitrogens with one attached hydrogen (secondary N) is 2. The second-order valence-electron chi connectivity index (χ2n) is 11.1. The van der Waals surface area contributed by atoms with E-state index in [4.69, 9.17) is 14.5 Å². The fourth-order valence-corrected chi connectivity index (χ4v) is 5.90. The average Bonchev–Trinajstić information content (AvgIpc) is 3.53. The predicted octanol–water partition coefficient (Wildman–Crippen LogP) is 4.14. The van der Waals surface area contributed by atoms with Gasteiger partial charge < -0.3 is 30.1 Å². The van der Waals surface area contributed by atoms with Gasteiger partial charge in [-0.05, 0) is 37.8 Å². The lowest BCUT2D eigenvalue weighted by Crippen LogP contribution is -2.54. The Morgan fingerprint density at radius 2 is 1.95 bits per heavy atom. The number of rotatable bonds is 5. The van der Waals surface area contributed by atoms with Gasteiger partial charge in [0.1, 0.15) is 29.2 Å². The molecular weight excluding hydrogens is 536 g/mol. The highest BCUT2D eigenvalue weighted by atomic mass is 16.5. The number of methoxy groups -OCH3 is 1. The van der Waals surface area contributed by atoms with Gasteiger partial charge in [0.15, 0.2) is 0 Å². The van der Waals surface area contributed by atoms with Crippen molar-refractivity contribution < 1.29 is 29.0 Å². The first-order valence-electron chi connectivity index (χ1n) is 14.4. The SMILES string of the molecule is COc1ccc2c(OC3CC4C(=O)NC5(C(=O)O)CC5C=CCCCCNC(=O)N4C3)cc(-c3ccccc3)nc2c1. The molecule has 1 aromatic heterocycles. The van der Waals surface area contributed by atoms with Crippen LogP contribution >= 0.6 is 0 Å². The molecule has 4 unspecified atom stereocenters. The maximum Gasteiger partial charge on any atom is 0.330 e. The molecule has 10 heteroatoms. The number of aromatic nitrogens is 1. The minimum Gasteiger partial charge on any atom is -0.497 e. The molecule has 4 atom stereocenters. The third kappa shape index (κ3) is 5.36. The van der Waals surface area contributed by atoms with Crippen LogP contribution in [0.4, 0.5) is 4.79 Å². The molecule has 0 radical (unpaired) electrons. The van der Waals surface area contributed by atoms with Crippen LogP contribution in [0.5, 0.6) is 11.5 Å².